The topological polar surface area (TPSA) is 69.2 Å². The summed E-state index contributed by atoms with van der Waals surface area (Å²) in [6.45, 7) is 2.69. The first-order chi connectivity index (χ1) is 12.5. The van der Waals surface area contributed by atoms with Crippen molar-refractivity contribution in [2.75, 3.05) is 19.3 Å². The highest BCUT2D eigenvalue weighted by atomic mass is 32.2. The zero-order valence-corrected chi connectivity index (χ0v) is 15.6. The molecule has 3 aromatic rings. The lowest BCUT2D eigenvalue weighted by molar-refractivity contribution is 0.0798. The number of carbonyl (C=O) groups excluding carboxylic acids is 1. The summed E-state index contributed by atoms with van der Waals surface area (Å²) in [6.07, 6.45) is 0. The number of aromatic nitrogens is 2. The van der Waals surface area contributed by atoms with E-state index in [1.54, 1.807) is 48.0 Å². The molecule has 0 unspecified atom stereocenters. The van der Waals surface area contributed by atoms with E-state index in [0.717, 1.165) is 5.75 Å². The Morgan fingerprint density at radius 2 is 1.92 bits per heavy atom. The van der Waals surface area contributed by atoms with E-state index >= 15 is 0 Å². The number of para-hydroxylation sites is 1. The first-order valence-electron chi connectivity index (χ1n) is 8.33. The van der Waals surface area contributed by atoms with Crippen LogP contribution in [0.5, 0.6) is 5.75 Å². The van der Waals surface area contributed by atoms with Gasteiger partial charge in [0.1, 0.15) is 11.4 Å². The fourth-order valence-electron chi connectivity index (χ4n) is 2.50. The number of nitrogens with one attached hydrogen (secondary N) is 1. The van der Waals surface area contributed by atoms with E-state index in [9.17, 15) is 9.90 Å². The van der Waals surface area contributed by atoms with E-state index in [2.05, 4.69) is 41.4 Å². The maximum Gasteiger partial charge on any atom is 0.271 e. The molecule has 0 aliphatic carbocycles. The maximum atomic E-state index is 12.5. The zero-order chi connectivity index (χ0) is 18.5. The van der Waals surface area contributed by atoms with Crippen molar-refractivity contribution in [2.24, 2.45) is 0 Å². The van der Waals surface area contributed by atoms with Crippen LogP contribution in [0.3, 0.4) is 0 Å². The van der Waals surface area contributed by atoms with Gasteiger partial charge in [-0.2, -0.15) is 5.10 Å². The van der Waals surface area contributed by atoms with Crippen LogP contribution < -0.4 is 0 Å². The molecule has 5 nitrogen and oxygen atoms in total. The largest absolute Gasteiger partial charge is 0.507 e. The highest BCUT2D eigenvalue weighted by Gasteiger charge is 2.16. The van der Waals surface area contributed by atoms with Gasteiger partial charge in [0.15, 0.2) is 0 Å². The van der Waals surface area contributed by atoms with Crippen molar-refractivity contribution < 1.29 is 9.90 Å². The Balaban J connectivity index is 1.58. The number of aryl methyl sites for hydroxylation is 1. The number of hydrogen-bond acceptors (Lipinski definition) is 4. The van der Waals surface area contributed by atoms with Crippen molar-refractivity contribution in [2.45, 2.75) is 11.8 Å². The van der Waals surface area contributed by atoms with Gasteiger partial charge >= 0.3 is 0 Å². The fourth-order valence-corrected chi connectivity index (χ4v) is 3.43. The first-order valence-corrected chi connectivity index (χ1v) is 9.32. The Hall–Kier alpha value is -2.73. The number of carbonyl (C=O) groups is 1. The molecular weight excluding hydrogens is 346 g/mol. The van der Waals surface area contributed by atoms with E-state index in [4.69, 9.17) is 0 Å². The molecule has 0 aliphatic rings. The molecule has 1 aromatic heterocycles. The Morgan fingerprint density at radius 3 is 2.65 bits per heavy atom. The molecule has 2 N–H and O–H groups in total. The summed E-state index contributed by atoms with van der Waals surface area (Å²) in [4.78, 5) is 15.4. The second-order valence-corrected chi connectivity index (χ2v) is 7.24. The van der Waals surface area contributed by atoms with Gasteiger partial charge in [-0.15, -0.1) is 11.8 Å². The third kappa shape index (κ3) is 4.26. The monoisotopic (exact) mass is 367 g/mol. The molecule has 1 heterocycles. The van der Waals surface area contributed by atoms with Gasteiger partial charge in [0.25, 0.3) is 5.91 Å². The van der Waals surface area contributed by atoms with Crippen molar-refractivity contribution in [3.63, 3.8) is 0 Å². The summed E-state index contributed by atoms with van der Waals surface area (Å²) in [5.74, 6) is 0.829. The highest BCUT2D eigenvalue weighted by Crippen LogP contribution is 2.27. The van der Waals surface area contributed by atoms with Crippen LogP contribution in [-0.4, -0.2) is 45.5 Å². The van der Waals surface area contributed by atoms with Crippen molar-refractivity contribution >= 4 is 17.7 Å². The molecule has 0 saturated carbocycles. The second-order valence-electron chi connectivity index (χ2n) is 6.07. The molecule has 0 fully saturated rings. The number of H-pyrrole nitrogens is 1. The number of phenolic OH excluding ortho intramolecular Hbond substituents is 1. The number of rotatable bonds is 6. The Labute approximate surface area is 157 Å². The molecule has 0 spiro atoms. The van der Waals surface area contributed by atoms with Gasteiger partial charge < -0.3 is 10.0 Å². The van der Waals surface area contributed by atoms with Crippen molar-refractivity contribution in [1.29, 1.82) is 0 Å². The second kappa shape index (κ2) is 8.10. The number of phenols is 1. The van der Waals surface area contributed by atoms with Crippen LogP contribution in [0, 0.1) is 6.92 Å². The molecule has 6 heteroatoms. The average Bonchev–Trinajstić information content (AvgIpc) is 3.13. The summed E-state index contributed by atoms with van der Waals surface area (Å²) < 4.78 is 0. The molecule has 0 bridgehead atoms. The molecule has 0 aliphatic heterocycles. The minimum atomic E-state index is -0.122. The third-order valence-corrected chi connectivity index (χ3v) is 5.04. The number of aromatic hydroxyl groups is 1. The lowest BCUT2D eigenvalue weighted by Gasteiger charge is -2.15. The summed E-state index contributed by atoms with van der Waals surface area (Å²) in [5.41, 5.74) is 2.79. The normalized spacial score (nSPS) is 10.7. The SMILES string of the molecule is Cc1ccc(SCCN(C)C(=O)c2cc(-c3ccccc3O)n[nH]2)cc1. The van der Waals surface area contributed by atoms with Gasteiger partial charge in [-0.05, 0) is 37.3 Å². The Kier molecular flexibility index (Phi) is 5.63. The average molecular weight is 367 g/mol. The molecule has 1 amide bonds. The van der Waals surface area contributed by atoms with Crippen molar-refractivity contribution in [3.8, 4) is 17.0 Å². The Morgan fingerprint density at radius 1 is 1.19 bits per heavy atom. The van der Waals surface area contributed by atoms with Crippen LogP contribution >= 0.6 is 11.8 Å². The quantitative estimate of drug-likeness (QED) is 0.647. The van der Waals surface area contributed by atoms with E-state index < -0.39 is 0 Å². The minimum absolute atomic E-state index is 0.122. The molecule has 0 atom stereocenters. The fraction of sp³-hybridized carbons (Fsp3) is 0.200. The van der Waals surface area contributed by atoms with Crippen LogP contribution in [0.1, 0.15) is 16.1 Å². The first kappa shape index (κ1) is 18.1. The standard InChI is InChI=1S/C20H21N3O2S/c1-14-7-9-15(10-8-14)26-12-11-23(2)20(25)18-13-17(21-22-18)16-5-3-4-6-19(16)24/h3-10,13,24H,11-12H2,1-2H3,(H,21,22). The number of hydrogen-bond donors (Lipinski definition) is 2. The molecule has 0 saturated heterocycles. The van der Waals surface area contributed by atoms with E-state index in [-0.39, 0.29) is 11.7 Å². The number of benzene rings is 2. The number of nitrogens with zero attached hydrogens (tertiary/aromatic N) is 2. The van der Waals surface area contributed by atoms with Crippen LogP contribution in [0.2, 0.25) is 0 Å². The number of aromatic amines is 1. The maximum absolute atomic E-state index is 12.5. The zero-order valence-electron chi connectivity index (χ0n) is 14.8. The predicted molar refractivity (Wildman–Crippen MR) is 105 cm³/mol. The van der Waals surface area contributed by atoms with Gasteiger partial charge in [-0.1, -0.05) is 29.8 Å². The van der Waals surface area contributed by atoms with Gasteiger partial charge in [-0.3, -0.25) is 9.89 Å². The minimum Gasteiger partial charge on any atom is -0.507 e. The summed E-state index contributed by atoms with van der Waals surface area (Å²) in [6, 6.07) is 17.0. The summed E-state index contributed by atoms with van der Waals surface area (Å²) in [5, 5.41) is 16.8. The van der Waals surface area contributed by atoms with E-state index in [1.165, 1.54) is 10.5 Å². The van der Waals surface area contributed by atoms with Gasteiger partial charge in [0.05, 0.1) is 5.69 Å². The van der Waals surface area contributed by atoms with Gasteiger partial charge in [-0.25, -0.2) is 0 Å². The van der Waals surface area contributed by atoms with Crippen molar-refractivity contribution in [3.05, 3.63) is 65.9 Å². The lowest BCUT2D eigenvalue weighted by Crippen LogP contribution is -2.29. The van der Waals surface area contributed by atoms with Gasteiger partial charge in [0.2, 0.25) is 0 Å². The van der Waals surface area contributed by atoms with Crippen LogP contribution in [0.4, 0.5) is 0 Å². The highest BCUT2D eigenvalue weighted by molar-refractivity contribution is 7.99. The molecular formula is C20H21N3O2S. The Bertz CT molecular complexity index is 890. The number of amides is 1. The summed E-state index contributed by atoms with van der Waals surface area (Å²) in [7, 11) is 1.78. The van der Waals surface area contributed by atoms with Crippen LogP contribution in [-0.2, 0) is 0 Å². The number of thioether (sulfide) groups is 1. The predicted octanol–water partition coefficient (Wildman–Crippen LogP) is 3.96. The van der Waals surface area contributed by atoms with E-state index in [0.29, 0.717) is 23.5 Å². The summed E-state index contributed by atoms with van der Waals surface area (Å²) >= 11 is 1.72. The molecule has 26 heavy (non-hydrogen) atoms. The van der Waals surface area contributed by atoms with E-state index in [1.807, 2.05) is 6.07 Å². The lowest BCUT2D eigenvalue weighted by atomic mass is 10.1. The molecule has 3 rings (SSSR count). The molecule has 0 radical (unpaired) electrons. The molecule has 134 valence electrons. The molecule has 2 aromatic carbocycles. The van der Waals surface area contributed by atoms with Crippen LogP contribution in [0.25, 0.3) is 11.3 Å². The van der Waals surface area contributed by atoms with Crippen LogP contribution in [0.15, 0.2) is 59.5 Å². The van der Waals surface area contributed by atoms with Crippen molar-refractivity contribution in [1.82, 2.24) is 15.1 Å². The third-order valence-electron chi connectivity index (χ3n) is 4.05. The van der Waals surface area contributed by atoms with Gasteiger partial charge in [0, 0.05) is 29.8 Å². The smallest absolute Gasteiger partial charge is 0.271 e.